The van der Waals surface area contributed by atoms with Gasteiger partial charge in [-0.15, -0.1) is 0 Å². The van der Waals surface area contributed by atoms with Gasteiger partial charge in [0.25, 0.3) is 0 Å². The average molecular weight is 190 g/mol. The molecule has 0 aliphatic rings. The van der Waals surface area contributed by atoms with E-state index in [2.05, 4.69) is 10.3 Å². The van der Waals surface area contributed by atoms with Crippen molar-refractivity contribution in [3.8, 4) is 0 Å². The van der Waals surface area contributed by atoms with Gasteiger partial charge in [0.1, 0.15) is 0 Å². The van der Waals surface area contributed by atoms with Crippen LogP contribution in [0.25, 0.3) is 5.52 Å². The lowest BCUT2D eigenvalue weighted by atomic mass is 10.2. The van der Waals surface area contributed by atoms with Crippen LogP contribution in [-0.2, 0) is 0 Å². The third kappa shape index (κ3) is 1.10. The standard InChI is InChI=1S/C9H10N4O/c1-6-3-2-4-8-7(9(10)12-14)5-11-13(6)8/h2-5,14H,1H3,(H2,10,12). The number of pyridine rings is 1. The largest absolute Gasteiger partial charge is 0.409 e. The van der Waals surface area contributed by atoms with E-state index in [1.807, 2.05) is 25.1 Å². The summed E-state index contributed by atoms with van der Waals surface area (Å²) in [6.07, 6.45) is 1.58. The maximum atomic E-state index is 8.56. The van der Waals surface area contributed by atoms with Gasteiger partial charge in [-0.3, -0.25) is 0 Å². The molecule has 0 saturated heterocycles. The van der Waals surface area contributed by atoms with Gasteiger partial charge in [-0.1, -0.05) is 11.2 Å². The smallest absolute Gasteiger partial charge is 0.173 e. The maximum Gasteiger partial charge on any atom is 0.173 e. The molecule has 0 radical (unpaired) electrons. The molecule has 14 heavy (non-hydrogen) atoms. The topological polar surface area (TPSA) is 75.9 Å². The molecule has 5 heteroatoms. The number of nitrogens with two attached hydrogens (primary N) is 1. The van der Waals surface area contributed by atoms with Crippen molar-refractivity contribution in [3.63, 3.8) is 0 Å². The molecule has 5 nitrogen and oxygen atoms in total. The molecule has 0 unspecified atom stereocenters. The van der Waals surface area contributed by atoms with Crippen molar-refractivity contribution in [1.82, 2.24) is 9.61 Å². The molecular weight excluding hydrogens is 180 g/mol. The first-order valence-electron chi connectivity index (χ1n) is 4.15. The number of hydrogen-bond acceptors (Lipinski definition) is 3. The predicted octanol–water partition coefficient (Wildman–Crippen LogP) is 0.737. The Hall–Kier alpha value is -2.04. The summed E-state index contributed by atoms with van der Waals surface area (Å²) >= 11 is 0. The van der Waals surface area contributed by atoms with E-state index < -0.39 is 0 Å². The minimum atomic E-state index is 0.0746. The highest BCUT2D eigenvalue weighted by Gasteiger charge is 2.08. The number of oxime groups is 1. The van der Waals surface area contributed by atoms with Crippen LogP contribution in [0.3, 0.4) is 0 Å². The quantitative estimate of drug-likeness (QED) is 0.301. The summed E-state index contributed by atoms with van der Waals surface area (Å²) in [6.45, 7) is 1.94. The SMILES string of the molecule is Cc1cccc2c(/C(N)=N\O)cnn12. The summed E-state index contributed by atoms with van der Waals surface area (Å²) in [6, 6.07) is 5.71. The third-order valence-corrected chi connectivity index (χ3v) is 2.12. The molecule has 0 spiro atoms. The van der Waals surface area contributed by atoms with Crippen LogP contribution in [0.5, 0.6) is 0 Å². The Kier molecular flexibility index (Phi) is 1.85. The van der Waals surface area contributed by atoms with Crippen molar-refractivity contribution in [2.45, 2.75) is 6.92 Å². The summed E-state index contributed by atoms with van der Waals surface area (Å²) in [5.41, 5.74) is 7.97. The number of rotatable bonds is 1. The first-order valence-corrected chi connectivity index (χ1v) is 4.15. The fourth-order valence-corrected chi connectivity index (χ4v) is 1.40. The Labute approximate surface area is 80.5 Å². The minimum Gasteiger partial charge on any atom is -0.409 e. The average Bonchev–Trinajstić information content (AvgIpc) is 2.62. The van der Waals surface area contributed by atoms with Crippen molar-refractivity contribution < 1.29 is 5.21 Å². The molecule has 0 aliphatic heterocycles. The number of amidine groups is 1. The fraction of sp³-hybridized carbons (Fsp3) is 0.111. The predicted molar refractivity (Wildman–Crippen MR) is 52.4 cm³/mol. The van der Waals surface area contributed by atoms with Crippen LogP contribution in [0.2, 0.25) is 0 Å². The van der Waals surface area contributed by atoms with Crippen molar-refractivity contribution in [2.75, 3.05) is 0 Å². The van der Waals surface area contributed by atoms with Crippen LogP contribution >= 0.6 is 0 Å². The molecule has 3 N–H and O–H groups in total. The van der Waals surface area contributed by atoms with Crippen LogP contribution < -0.4 is 5.73 Å². The Morgan fingerprint density at radius 1 is 1.57 bits per heavy atom. The molecule has 0 aliphatic carbocycles. The zero-order valence-electron chi connectivity index (χ0n) is 7.68. The molecule has 72 valence electrons. The molecule has 2 aromatic heterocycles. The zero-order valence-corrected chi connectivity index (χ0v) is 7.68. The molecule has 0 saturated carbocycles. The van der Waals surface area contributed by atoms with Gasteiger partial charge >= 0.3 is 0 Å². The van der Waals surface area contributed by atoms with Crippen LogP contribution in [0.4, 0.5) is 0 Å². The number of aryl methyl sites for hydroxylation is 1. The van der Waals surface area contributed by atoms with E-state index in [0.29, 0.717) is 5.56 Å². The second-order valence-electron chi connectivity index (χ2n) is 3.01. The van der Waals surface area contributed by atoms with E-state index in [1.54, 1.807) is 10.7 Å². The first-order chi connectivity index (χ1) is 6.74. The Morgan fingerprint density at radius 2 is 2.36 bits per heavy atom. The van der Waals surface area contributed by atoms with Gasteiger partial charge in [0, 0.05) is 5.69 Å². The van der Waals surface area contributed by atoms with Crippen molar-refractivity contribution in [1.29, 1.82) is 0 Å². The van der Waals surface area contributed by atoms with Crippen molar-refractivity contribution in [3.05, 3.63) is 35.7 Å². The third-order valence-electron chi connectivity index (χ3n) is 2.12. The Bertz CT molecular complexity index is 500. The lowest BCUT2D eigenvalue weighted by molar-refractivity contribution is 0.318. The summed E-state index contributed by atoms with van der Waals surface area (Å²) in [7, 11) is 0. The molecule has 0 bridgehead atoms. The highest BCUT2D eigenvalue weighted by molar-refractivity contribution is 6.02. The van der Waals surface area contributed by atoms with E-state index in [-0.39, 0.29) is 5.84 Å². The van der Waals surface area contributed by atoms with Gasteiger partial charge in [0.2, 0.25) is 0 Å². The normalized spacial score (nSPS) is 12.2. The first kappa shape index (κ1) is 8.55. The minimum absolute atomic E-state index is 0.0746. The molecule has 0 amide bonds. The van der Waals surface area contributed by atoms with Crippen LogP contribution in [0, 0.1) is 6.92 Å². The second kappa shape index (κ2) is 3.02. The summed E-state index contributed by atoms with van der Waals surface area (Å²) in [5.74, 6) is 0.0746. The van der Waals surface area contributed by atoms with E-state index in [1.165, 1.54) is 0 Å². The monoisotopic (exact) mass is 190 g/mol. The number of aromatic nitrogens is 2. The Balaban J connectivity index is 2.76. The van der Waals surface area contributed by atoms with E-state index in [0.717, 1.165) is 11.2 Å². The molecule has 0 aromatic carbocycles. The molecular formula is C9H10N4O. The van der Waals surface area contributed by atoms with Crippen LogP contribution in [0.15, 0.2) is 29.6 Å². The highest BCUT2D eigenvalue weighted by atomic mass is 16.4. The lowest BCUT2D eigenvalue weighted by Crippen LogP contribution is -2.12. The number of hydrogen-bond donors (Lipinski definition) is 2. The molecule has 0 fully saturated rings. The number of nitrogens with zero attached hydrogens (tertiary/aromatic N) is 3. The molecule has 2 heterocycles. The van der Waals surface area contributed by atoms with E-state index in [4.69, 9.17) is 10.9 Å². The Morgan fingerprint density at radius 3 is 3.07 bits per heavy atom. The van der Waals surface area contributed by atoms with E-state index >= 15 is 0 Å². The van der Waals surface area contributed by atoms with Gasteiger partial charge in [-0.05, 0) is 19.1 Å². The maximum absolute atomic E-state index is 8.56. The van der Waals surface area contributed by atoms with Gasteiger partial charge in [-0.25, -0.2) is 4.52 Å². The van der Waals surface area contributed by atoms with Crippen LogP contribution in [0.1, 0.15) is 11.3 Å². The second-order valence-corrected chi connectivity index (χ2v) is 3.01. The zero-order chi connectivity index (χ0) is 10.1. The van der Waals surface area contributed by atoms with Gasteiger partial charge in [0.15, 0.2) is 5.84 Å². The molecule has 0 atom stereocenters. The van der Waals surface area contributed by atoms with E-state index in [9.17, 15) is 0 Å². The summed E-state index contributed by atoms with van der Waals surface area (Å²) in [5, 5.41) is 15.6. The van der Waals surface area contributed by atoms with Crippen molar-refractivity contribution in [2.24, 2.45) is 10.9 Å². The highest BCUT2D eigenvalue weighted by Crippen LogP contribution is 2.11. The van der Waals surface area contributed by atoms with Crippen LogP contribution in [-0.4, -0.2) is 20.7 Å². The van der Waals surface area contributed by atoms with Crippen molar-refractivity contribution >= 4 is 11.4 Å². The number of fused-ring (bicyclic) bond motifs is 1. The summed E-state index contributed by atoms with van der Waals surface area (Å²) in [4.78, 5) is 0. The molecule has 2 rings (SSSR count). The summed E-state index contributed by atoms with van der Waals surface area (Å²) < 4.78 is 1.74. The molecule has 2 aromatic rings. The fourth-order valence-electron chi connectivity index (χ4n) is 1.40. The lowest BCUT2D eigenvalue weighted by Gasteiger charge is -1.98. The van der Waals surface area contributed by atoms with Gasteiger partial charge in [0.05, 0.1) is 17.3 Å². The van der Waals surface area contributed by atoms with Gasteiger partial charge < -0.3 is 10.9 Å². The van der Waals surface area contributed by atoms with Gasteiger partial charge in [-0.2, -0.15) is 5.10 Å².